The number of hydrogen-bond acceptors (Lipinski definition) is 4. The molecule has 0 saturated carbocycles. The Kier molecular flexibility index (Phi) is 4.22. The largest absolute Gasteiger partial charge is 0.312 e. The third-order valence-electron chi connectivity index (χ3n) is 2.26. The van der Waals surface area contributed by atoms with Gasteiger partial charge in [0.25, 0.3) is 0 Å². The van der Waals surface area contributed by atoms with Gasteiger partial charge in [-0.25, -0.2) is 4.98 Å². The molecule has 2 aromatic heterocycles. The average molecular weight is 296 g/mol. The fraction of sp³-hybridized carbons (Fsp3) is 0.364. The Hall–Kier alpha value is -1.27. The first-order valence-corrected chi connectivity index (χ1v) is 6.18. The zero-order chi connectivity index (χ0) is 12.1. The first kappa shape index (κ1) is 12.2. The quantitative estimate of drug-likeness (QED) is 0.845. The van der Waals surface area contributed by atoms with E-state index in [-0.39, 0.29) is 0 Å². The van der Waals surface area contributed by atoms with Crippen LogP contribution in [0.15, 0.2) is 29.3 Å². The van der Waals surface area contributed by atoms with Gasteiger partial charge in [-0.15, -0.1) is 0 Å². The number of pyridine rings is 1. The van der Waals surface area contributed by atoms with Crippen molar-refractivity contribution >= 4 is 15.9 Å². The molecule has 0 aliphatic carbocycles. The molecular formula is C11H14BrN5. The van der Waals surface area contributed by atoms with E-state index in [2.05, 4.69) is 42.4 Å². The topological polar surface area (TPSA) is 55.6 Å². The van der Waals surface area contributed by atoms with Gasteiger partial charge in [-0.1, -0.05) is 0 Å². The smallest absolute Gasteiger partial charge is 0.151 e. The third kappa shape index (κ3) is 3.90. The molecule has 2 rings (SSSR count). The van der Waals surface area contributed by atoms with Crippen LogP contribution in [0.25, 0.3) is 0 Å². The normalized spacial score (nSPS) is 10.7. The number of halogens is 1. The van der Waals surface area contributed by atoms with Gasteiger partial charge >= 0.3 is 0 Å². The van der Waals surface area contributed by atoms with E-state index in [1.54, 1.807) is 17.2 Å². The van der Waals surface area contributed by atoms with Gasteiger partial charge in [-0.3, -0.25) is 9.67 Å². The summed E-state index contributed by atoms with van der Waals surface area (Å²) in [5.41, 5.74) is 1.16. The summed E-state index contributed by atoms with van der Waals surface area (Å²) in [6, 6.07) is 2.05. The van der Waals surface area contributed by atoms with Crippen molar-refractivity contribution in [3.63, 3.8) is 0 Å². The zero-order valence-corrected chi connectivity index (χ0v) is 11.2. The highest BCUT2D eigenvalue weighted by atomic mass is 79.9. The molecule has 2 heterocycles. The minimum absolute atomic E-state index is 0.805. The minimum Gasteiger partial charge on any atom is -0.312 e. The van der Waals surface area contributed by atoms with Gasteiger partial charge in [-0.05, 0) is 27.6 Å². The van der Waals surface area contributed by atoms with E-state index >= 15 is 0 Å². The second-order valence-electron chi connectivity index (χ2n) is 3.77. The fourth-order valence-electron chi connectivity index (χ4n) is 1.48. The number of aryl methyl sites for hydroxylation is 1. The lowest BCUT2D eigenvalue weighted by molar-refractivity contribution is 0.660. The molecule has 2 aromatic rings. The summed E-state index contributed by atoms with van der Waals surface area (Å²) in [4.78, 5) is 8.28. The summed E-state index contributed by atoms with van der Waals surface area (Å²) in [7, 11) is 1.87. The molecule has 0 saturated heterocycles. The Bertz CT molecular complexity index is 482. The third-order valence-corrected chi connectivity index (χ3v) is 2.70. The predicted molar refractivity (Wildman–Crippen MR) is 68.4 cm³/mol. The average Bonchev–Trinajstić information content (AvgIpc) is 2.71. The number of nitrogens with one attached hydrogen (secondary N) is 1. The molecule has 0 amide bonds. The molecule has 0 aliphatic heterocycles. The van der Waals surface area contributed by atoms with Gasteiger partial charge in [0.2, 0.25) is 0 Å². The Balaban J connectivity index is 1.73. The van der Waals surface area contributed by atoms with Crippen molar-refractivity contribution in [1.82, 2.24) is 25.1 Å². The number of rotatable bonds is 5. The summed E-state index contributed by atoms with van der Waals surface area (Å²) >= 11 is 3.40. The van der Waals surface area contributed by atoms with Crippen LogP contribution in [0, 0.1) is 0 Å². The van der Waals surface area contributed by atoms with Crippen molar-refractivity contribution in [3.05, 3.63) is 40.6 Å². The molecule has 90 valence electrons. The first-order valence-electron chi connectivity index (χ1n) is 5.39. The van der Waals surface area contributed by atoms with Crippen LogP contribution >= 0.6 is 15.9 Å². The number of aromatic nitrogens is 4. The van der Waals surface area contributed by atoms with E-state index in [0.717, 1.165) is 35.4 Å². The second-order valence-corrected chi connectivity index (χ2v) is 4.69. The van der Waals surface area contributed by atoms with Gasteiger partial charge in [0.1, 0.15) is 6.33 Å². The maximum atomic E-state index is 4.22. The van der Waals surface area contributed by atoms with Crippen molar-refractivity contribution in [2.24, 2.45) is 7.05 Å². The monoisotopic (exact) mass is 295 g/mol. The van der Waals surface area contributed by atoms with E-state index in [1.807, 2.05) is 13.2 Å². The van der Waals surface area contributed by atoms with Crippen molar-refractivity contribution in [2.75, 3.05) is 6.54 Å². The van der Waals surface area contributed by atoms with Gasteiger partial charge in [-0.2, -0.15) is 5.10 Å². The Morgan fingerprint density at radius 2 is 2.29 bits per heavy atom. The van der Waals surface area contributed by atoms with Crippen molar-refractivity contribution in [3.8, 4) is 0 Å². The van der Waals surface area contributed by atoms with E-state index in [0.29, 0.717) is 0 Å². The lowest BCUT2D eigenvalue weighted by Gasteiger charge is -2.03. The van der Waals surface area contributed by atoms with Crippen LogP contribution in [-0.4, -0.2) is 26.3 Å². The first-order chi connectivity index (χ1) is 8.24. The summed E-state index contributed by atoms with van der Waals surface area (Å²) in [5.74, 6) is 0.868. The molecule has 0 radical (unpaired) electrons. The molecular weight excluding hydrogens is 282 g/mol. The van der Waals surface area contributed by atoms with Gasteiger partial charge in [0.15, 0.2) is 5.82 Å². The molecule has 0 bridgehead atoms. The van der Waals surface area contributed by atoms with E-state index in [9.17, 15) is 0 Å². The van der Waals surface area contributed by atoms with E-state index in [1.165, 1.54) is 0 Å². The van der Waals surface area contributed by atoms with Crippen LogP contribution in [-0.2, 0) is 20.0 Å². The van der Waals surface area contributed by atoms with Crippen LogP contribution in [0.3, 0.4) is 0 Å². The minimum atomic E-state index is 0.805. The SMILES string of the molecule is Cn1cnc(CCNCc2cncc(Br)c2)n1. The molecule has 0 fully saturated rings. The van der Waals surface area contributed by atoms with Gasteiger partial charge < -0.3 is 5.32 Å². The van der Waals surface area contributed by atoms with Crippen LogP contribution < -0.4 is 5.32 Å². The molecule has 0 atom stereocenters. The zero-order valence-electron chi connectivity index (χ0n) is 9.60. The van der Waals surface area contributed by atoms with Crippen molar-refractivity contribution in [1.29, 1.82) is 0 Å². The Morgan fingerprint density at radius 3 is 3.00 bits per heavy atom. The van der Waals surface area contributed by atoms with Gasteiger partial charge in [0, 0.05) is 43.4 Å². The molecule has 1 N–H and O–H groups in total. The molecule has 6 heteroatoms. The van der Waals surface area contributed by atoms with E-state index < -0.39 is 0 Å². The summed E-state index contributed by atoms with van der Waals surface area (Å²) < 4.78 is 2.72. The van der Waals surface area contributed by atoms with Gasteiger partial charge in [0.05, 0.1) is 0 Å². The maximum Gasteiger partial charge on any atom is 0.151 e. The fourth-order valence-corrected chi connectivity index (χ4v) is 1.90. The number of nitrogens with zero attached hydrogens (tertiary/aromatic N) is 4. The molecule has 5 nitrogen and oxygen atoms in total. The Labute approximate surface area is 108 Å². The lowest BCUT2D eigenvalue weighted by atomic mass is 10.3. The van der Waals surface area contributed by atoms with Crippen LogP contribution in [0.4, 0.5) is 0 Å². The summed E-state index contributed by atoms with van der Waals surface area (Å²) in [6.07, 6.45) is 6.19. The summed E-state index contributed by atoms with van der Waals surface area (Å²) in [6.45, 7) is 1.66. The molecule has 0 aliphatic rings. The van der Waals surface area contributed by atoms with Crippen molar-refractivity contribution < 1.29 is 0 Å². The predicted octanol–water partition coefficient (Wildman–Crippen LogP) is 1.30. The standard InChI is InChI=1S/C11H14BrN5/c1-17-8-15-11(16-17)2-3-13-5-9-4-10(12)7-14-6-9/h4,6-8,13H,2-3,5H2,1H3. The van der Waals surface area contributed by atoms with Crippen LogP contribution in [0.1, 0.15) is 11.4 Å². The Morgan fingerprint density at radius 1 is 1.41 bits per heavy atom. The molecule has 0 spiro atoms. The van der Waals surface area contributed by atoms with E-state index in [4.69, 9.17) is 0 Å². The van der Waals surface area contributed by atoms with Crippen molar-refractivity contribution in [2.45, 2.75) is 13.0 Å². The highest BCUT2D eigenvalue weighted by Crippen LogP contribution is 2.08. The maximum absolute atomic E-state index is 4.22. The second kappa shape index (κ2) is 5.88. The summed E-state index contributed by atoms with van der Waals surface area (Å²) in [5, 5.41) is 7.55. The van der Waals surface area contributed by atoms with Crippen LogP contribution in [0.5, 0.6) is 0 Å². The van der Waals surface area contributed by atoms with Crippen LogP contribution in [0.2, 0.25) is 0 Å². The molecule has 0 aromatic carbocycles. The molecule has 17 heavy (non-hydrogen) atoms. The lowest BCUT2D eigenvalue weighted by Crippen LogP contribution is -2.17. The highest BCUT2D eigenvalue weighted by molar-refractivity contribution is 9.10. The highest BCUT2D eigenvalue weighted by Gasteiger charge is 1.99. The molecule has 0 unspecified atom stereocenters. The number of hydrogen-bond donors (Lipinski definition) is 1.